The van der Waals surface area contributed by atoms with E-state index in [0.29, 0.717) is 0 Å². The van der Waals surface area contributed by atoms with Crippen molar-refractivity contribution in [1.82, 2.24) is 9.97 Å². The Morgan fingerprint density at radius 1 is 1.24 bits per heavy atom. The molecule has 0 aliphatic carbocycles. The summed E-state index contributed by atoms with van der Waals surface area (Å²) in [6.45, 7) is 7.15. The van der Waals surface area contributed by atoms with Crippen molar-refractivity contribution < 1.29 is 0 Å². The standard InChI is InChI=1S/C16H19ClIN3/c1-4-8-19-16-14(18)13(5-2)20-15(21-16)11-7-6-10(3)12(17)9-11/h6-7,9H,4-5,8H2,1-3H3,(H,19,20,21). The summed E-state index contributed by atoms with van der Waals surface area (Å²) >= 11 is 8.53. The van der Waals surface area contributed by atoms with Gasteiger partial charge in [-0.2, -0.15) is 0 Å². The van der Waals surface area contributed by atoms with Crippen molar-refractivity contribution >= 4 is 40.0 Å². The lowest BCUT2D eigenvalue weighted by Crippen LogP contribution is -2.08. The van der Waals surface area contributed by atoms with Gasteiger partial charge in [-0.05, 0) is 54.0 Å². The van der Waals surface area contributed by atoms with Crippen LogP contribution in [0.5, 0.6) is 0 Å². The zero-order valence-corrected chi connectivity index (χ0v) is 15.4. The van der Waals surface area contributed by atoms with Crippen LogP contribution in [0.4, 0.5) is 5.82 Å². The molecule has 112 valence electrons. The van der Waals surface area contributed by atoms with Crippen molar-refractivity contribution in [3.63, 3.8) is 0 Å². The number of anilines is 1. The summed E-state index contributed by atoms with van der Waals surface area (Å²) in [5, 5.41) is 4.13. The Morgan fingerprint density at radius 2 is 2.00 bits per heavy atom. The van der Waals surface area contributed by atoms with Gasteiger partial charge in [0.2, 0.25) is 0 Å². The second-order valence-corrected chi connectivity index (χ2v) is 6.39. The molecule has 0 aliphatic rings. The molecule has 0 atom stereocenters. The van der Waals surface area contributed by atoms with Gasteiger partial charge in [-0.15, -0.1) is 0 Å². The van der Waals surface area contributed by atoms with Crippen LogP contribution in [0.2, 0.25) is 5.02 Å². The first-order chi connectivity index (χ1) is 10.1. The topological polar surface area (TPSA) is 37.8 Å². The van der Waals surface area contributed by atoms with Crippen LogP contribution in [0.15, 0.2) is 18.2 Å². The average molecular weight is 416 g/mol. The van der Waals surface area contributed by atoms with E-state index in [1.54, 1.807) is 0 Å². The first-order valence-corrected chi connectivity index (χ1v) is 8.59. The van der Waals surface area contributed by atoms with E-state index in [1.807, 2.05) is 25.1 Å². The van der Waals surface area contributed by atoms with Gasteiger partial charge in [0, 0.05) is 17.1 Å². The maximum absolute atomic E-state index is 6.22. The minimum absolute atomic E-state index is 0.729. The SMILES string of the molecule is CCCNc1nc(-c2ccc(C)c(Cl)c2)nc(CC)c1I. The smallest absolute Gasteiger partial charge is 0.161 e. The lowest BCUT2D eigenvalue weighted by Gasteiger charge is -2.12. The number of hydrogen-bond donors (Lipinski definition) is 1. The minimum Gasteiger partial charge on any atom is -0.369 e. The molecule has 1 N–H and O–H groups in total. The summed E-state index contributed by atoms with van der Waals surface area (Å²) in [6.07, 6.45) is 1.95. The Balaban J connectivity index is 2.49. The molecule has 2 aromatic rings. The highest BCUT2D eigenvalue weighted by Crippen LogP contribution is 2.27. The second kappa shape index (κ2) is 7.40. The van der Waals surface area contributed by atoms with E-state index < -0.39 is 0 Å². The van der Waals surface area contributed by atoms with Gasteiger partial charge < -0.3 is 5.32 Å². The lowest BCUT2D eigenvalue weighted by molar-refractivity contribution is 0.943. The third kappa shape index (κ3) is 3.86. The highest BCUT2D eigenvalue weighted by atomic mass is 127. The van der Waals surface area contributed by atoms with Gasteiger partial charge in [0.25, 0.3) is 0 Å². The summed E-state index contributed by atoms with van der Waals surface area (Å²) in [5.41, 5.74) is 3.08. The highest BCUT2D eigenvalue weighted by Gasteiger charge is 2.12. The molecule has 3 nitrogen and oxygen atoms in total. The Bertz CT molecular complexity index is 644. The summed E-state index contributed by atoms with van der Waals surface area (Å²) in [5.74, 6) is 1.64. The van der Waals surface area contributed by atoms with E-state index in [4.69, 9.17) is 11.6 Å². The first-order valence-electron chi connectivity index (χ1n) is 7.13. The second-order valence-electron chi connectivity index (χ2n) is 4.90. The van der Waals surface area contributed by atoms with Gasteiger partial charge in [0.05, 0.1) is 9.26 Å². The van der Waals surface area contributed by atoms with Crippen LogP contribution in [0, 0.1) is 10.5 Å². The molecule has 0 aliphatic heterocycles. The van der Waals surface area contributed by atoms with E-state index >= 15 is 0 Å². The molecule has 5 heteroatoms. The van der Waals surface area contributed by atoms with Crippen LogP contribution in [0.25, 0.3) is 11.4 Å². The largest absolute Gasteiger partial charge is 0.369 e. The van der Waals surface area contributed by atoms with Crippen LogP contribution < -0.4 is 5.32 Å². The fourth-order valence-corrected chi connectivity index (χ4v) is 2.94. The maximum Gasteiger partial charge on any atom is 0.161 e. The van der Waals surface area contributed by atoms with E-state index in [1.165, 1.54) is 0 Å². The predicted octanol–water partition coefficient (Wildman–Crippen LogP) is 5.09. The number of nitrogens with zero attached hydrogens (tertiary/aromatic N) is 2. The zero-order valence-electron chi connectivity index (χ0n) is 12.5. The summed E-state index contributed by atoms with van der Waals surface area (Å²) in [4.78, 5) is 9.35. The normalized spacial score (nSPS) is 10.7. The van der Waals surface area contributed by atoms with E-state index in [-0.39, 0.29) is 0 Å². The molecule has 1 aromatic carbocycles. The van der Waals surface area contributed by atoms with Gasteiger partial charge in [0.1, 0.15) is 5.82 Å². The van der Waals surface area contributed by atoms with Crippen LogP contribution in [0.1, 0.15) is 31.5 Å². The molecule has 0 saturated carbocycles. The summed E-state index contributed by atoms with van der Waals surface area (Å²) in [7, 11) is 0. The number of aromatic nitrogens is 2. The van der Waals surface area contributed by atoms with Crippen LogP contribution >= 0.6 is 34.2 Å². The molecule has 0 spiro atoms. The first kappa shape index (κ1) is 16.5. The number of halogens is 2. The van der Waals surface area contributed by atoms with Gasteiger partial charge in [0.15, 0.2) is 5.82 Å². The van der Waals surface area contributed by atoms with Crippen LogP contribution in [0.3, 0.4) is 0 Å². The molecule has 0 fully saturated rings. The molecule has 1 heterocycles. The molecule has 1 aromatic heterocycles. The van der Waals surface area contributed by atoms with Crippen molar-refractivity contribution in [3.8, 4) is 11.4 Å². The molecule has 21 heavy (non-hydrogen) atoms. The molecular weight excluding hydrogens is 397 g/mol. The molecule has 0 unspecified atom stereocenters. The number of rotatable bonds is 5. The van der Waals surface area contributed by atoms with Crippen LogP contribution in [-0.4, -0.2) is 16.5 Å². The molecule has 0 amide bonds. The Hall–Kier alpha value is -0.880. The molecule has 0 saturated heterocycles. The number of aryl methyl sites for hydroxylation is 2. The Labute approximate surface area is 144 Å². The Kier molecular flexibility index (Phi) is 5.81. The monoisotopic (exact) mass is 415 g/mol. The van der Waals surface area contributed by atoms with Crippen molar-refractivity contribution in [2.75, 3.05) is 11.9 Å². The van der Waals surface area contributed by atoms with Crippen molar-refractivity contribution in [3.05, 3.63) is 38.0 Å². The average Bonchev–Trinajstić information content (AvgIpc) is 2.49. The summed E-state index contributed by atoms with van der Waals surface area (Å²) < 4.78 is 1.10. The minimum atomic E-state index is 0.729. The van der Waals surface area contributed by atoms with Gasteiger partial charge in [-0.3, -0.25) is 0 Å². The molecule has 0 radical (unpaired) electrons. The molecule has 0 bridgehead atoms. The number of hydrogen-bond acceptors (Lipinski definition) is 3. The fraction of sp³-hybridized carbons (Fsp3) is 0.375. The predicted molar refractivity (Wildman–Crippen MR) is 98.1 cm³/mol. The maximum atomic E-state index is 6.22. The number of benzene rings is 1. The third-order valence-electron chi connectivity index (χ3n) is 3.23. The van der Waals surface area contributed by atoms with Gasteiger partial charge in [-0.1, -0.05) is 37.6 Å². The lowest BCUT2D eigenvalue weighted by atomic mass is 10.1. The Morgan fingerprint density at radius 3 is 2.62 bits per heavy atom. The summed E-state index contributed by atoms with van der Waals surface area (Å²) in [6, 6.07) is 5.96. The van der Waals surface area contributed by atoms with Crippen molar-refractivity contribution in [2.45, 2.75) is 33.6 Å². The van der Waals surface area contributed by atoms with E-state index in [2.05, 4.69) is 51.7 Å². The van der Waals surface area contributed by atoms with Crippen LogP contribution in [-0.2, 0) is 6.42 Å². The molecule has 2 rings (SSSR count). The zero-order chi connectivity index (χ0) is 15.4. The number of nitrogens with one attached hydrogen (secondary N) is 1. The fourth-order valence-electron chi connectivity index (χ4n) is 1.95. The quantitative estimate of drug-likeness (QED) is 0.691. The van der Waals surface area contributed by atoms with Crippen molar-refractivity contribution in [2.24, 2.45) is 0 Å². The highest BCUT2D eigenvalue weighted by molar-refractivity contribution is 14.1. The van der Waals surface area contributed by atoms with Crippen molar-refractivity contribution in [1.29, 1.82) is 0 Å². The van der Waals surface area contributed by atoms with Gasteiger partial charge in [-0.25, -0.2) is 9.97 Å². The third-order valence-corrected chi connectivity index (χ3v) is 4.77. The molecular formula is C16H19ClIN3. The van der Waals surface area contributed by atoms with E-state index in [9.17, 15) is 0 Å². The van der Waals surface area contributed by atoms with E-state index in [0.717, 1.165) is 56.4 Å². The van der Waals surface area contributed by atoms with Gasteiger partial charge >= 0.3 is 0 Å².